The molecule has 1 N–H and O–H groups in total. The maximum atomic E-state index is 9.19. The molecule has 0 bridgehead atoms. The molecule has 0 radical (unpaired) electrons. The summed E-state index contributed by atoms with van der Waals surface area (Å²) in [5, 5.41) is 9.19. The van der Waals surface area contributed by atoms with Crippen molar-refractivity contribution in [1.82, 2.24) is 4.90 Å². The van der Waals surface area contributed by atoms with Gasteiger partial charge in [0.1, 0.15) is 0 Å². The molecule has 0 aromatic rings. The first-order valence-electron chi connectivity index (χ1n) is 7.39. The van der Waals surface area contributed by atoms with Gasteiger partial charge in [-0.15, -0.1) is 6.58 Å². The average Bonchev–Trinajstić information content (AvgIpc) is 2.39. The van der Waals surface area contributed by atoms with Crippen LogP contribution < -0.4 is 0 Å². The Morgan fingerprint density at radius 1 is 1.33 bits per heavy atom. The summed E-state index contributed by atoms with van der Waals surface area (Å²) in [6.07, 6.45) is 10.6. The van der Waals surface area contributed by atoms with E-state index in [1.54, 1.807) is 0 Å². The monoisotopic (exact) mass is 253 g/mol. The van der Waals surface area contributed by atoms with Crippen molar-refractivity contribution in [1.29, 1.82) is 0 Å². The van der Waals surface area contributed by atoms with Crippen LogP contribution in [0.3, 0.4) is 0 Å². The van der Waals surface area contributed by atoms with Crippen LogP contribution in [0.2, 0.25) is 0 Å². The zero-order valence-electron chi connectivity index (χ0n) is 11.4. The van der Waals surface area contributed by atoms with E-state index in [1.807, 2.05) is 6.08 Å². The average molecular weight is 253 g/mol. The highest BCUT2D eigenvalue weighted by Gasteiger charge is 2.39. The molecule has 1 aliphatic heterocycles. The van der Waals surface area contributed by atoms with E-state index in [9.17, 15) is 5.11 Å². The smallest absolute Gasteiger partial charge is 0.0697 e. The van der Waals surface area contributed by atoms with Crippen LogP contribution in [-0.4, -0.2) is 48.0 Å². The van der Waals surface area contributed by atoms with Gasteiger partial charge in [-0.05, 0) is 25.7 Å². The Bertz CT molecular complexity index is 256. The number of ether oxygens (including phenoxy) is 1. The first-order chi connectivity index (χ1) is 8.79. The highest BCUT2D eigenvalue weighted by molar-refractivity contribution is 4.94. The molecule has 1 saturated heterocycles. The van der Waals surface area contributed by atoms with Gasteiger partial charge >= 0.3 is 0 Å². The lowest BCUT2D eigenvalue weighted by atomic mass is 9.78. The zero-order valence-corrected chi connectivity index (χ0v) is 11.4. The Kier molecular flexibility index (Phi) is 5.22. The van der Waals surface area contributed by atoms with E-state index in [1.165, 1.54) is 32.1 Å². The minimum absolute atomic E-state index is 0.149. The molecule has 2 aliphatic rings. The number of aliphatic hydroxyl groups is 1. The number of rotatable bonds is 5. The van der Waals surface area contributed by atoms with Crippen LogP contribution in [0.5, 0.6) is 0 Å². The van der Waals surface area contributed by atoms with E-state index in [-0.39, 0.29) is 12.2 Å². The highest BCUT2D eigenvalue weighted by atomic mass is 16.5. The van der Waals surface area contributed by atoms with Crippen molar-refractivity contribution in [2.45, 2.75) is 56.6 Å². The minimum atomic E-state index is 0.149. The Hall–Kier alpha value is -0.380. The predicted molar refractivity (Wildman–Crippen MR) is 73.6 cm³/mol. The van der Waals surface area contributed by atoms with Crippen molar-refractivity contribution in [3.8, 4) is 0 Å². The number of nitrogens with zero attached hydrogens (tertiary/aromatic N) is 1. The summed E-state index contributed by atoms with van der Waals surface area (Å²) >= 11 is 0. The van der Waals surface area contributed by atoms with Gasteiger partial charge in [0, 0.05) is 25.7 Å². The summed E-state index contributed by atoms with van der Waals surface area (Å²) in [5.41, 5.74) is 0.149. The van der Waals surface area contributed by atoms with Crippen LogP contribution >= 0.6 is 0 Å². The highest BCUT2D eigenvalue weighted by Crippen LogP contribution is 2.39. The molecule has 18 heavy (non-hydrogen) atoms. The van der Waals surface area contributed by atoms with Crippen LogP contribution in [0, 0.1) is 0 Å². The number of aliphatic hydroxyl groups excluding tert-OH is 1. The normalized spacial score (nSPS) is 27.6. The molecule has 3 heteroatoms. The summed E-state index contributed by atoms with van der Waals surface area (Å²) in [6.45, 7) is 6.57. The van der Waals surface area contributed by atoms with Gasteiger partial charge in [-0.25, -0.2) is 0 Å². The quantitative estimate of drug-likeness (QED) is 0.763. The van der Waals surface area contributed by atoms with E-state index in [0.717, 1.165) is 32.5 Å². The van der Waals surface area contributed by atoms with Crippen LogP contribution in [0.4, 0.5) is 0 Å². The van der Waals surface area contributed by atoms with Gasteiger partial charge in [0.15, 0.2) is 0 Å². The van der Waals surface area contributed by atoms with Crippen molar-refractivity contribution in [3.05, 3.63) is 12.7 Å². The molecule has 1 unspecified atom stereocenters. The van der Waals surface area contributed by atoms with Gasteiger partial charge in [-0.2, -0.15) is 0 Å². The largest absolute Gasteiger partial charge is 0.395 e. The predicted octanol–water partition coefficient (Wildman–Crippen LogP) is 2.35. The zero-order chi connectivity index (χ0) is 12.8. The molecule has 0 amide bonds. The van der Waals surface area contributed by atoms with Gasteiger partial charge in [0.2, 0.25) is 0 Å². The van der Waals surface area contributed by atoms with E-state index in [0.29, 0.717) is 6.04 Å². The fourth-order valence-corrected chi connectivity index (χ4v) is 3.58. The first kappa shape index (κ1) is 14.0. The SMILES string of the molecule is C=CCN(CCO)C1CCOC2(CCCCC2)C1. The number of hydrogen-bond donors (Lipinski definition) is 1. The van der Waals surface area contributed by atoms with Crippen molar-refractivity contribution >= 4 is 0 Å². The van der Waals surface area contributed by atoms with Crippen molar-refractivity contribution in [2.75, 3.05) is 26.3 Å². The van der Waals surface area contributed by atoms with E-state index >= 15 is 0 Å². The Labute approximate surface area is 111 Å². The second-order valence-electron chi connectivity index (χ2n) is 5.75. The van der Waals surface area contributed by atoms with E-state index in [4.69, 9.17) is 4.74 Å². The van der Waals surface area contributed by atoms with Gasteiger partial charge in [-0.1, -0.05) is 25.3 Å². The van der Waals surface area contributed by atoms with E-state index < -0.39 is 0 Å². The maximum absolute atomic E-state index is 9.19. The minimum Gasteiger partial charge on any atom is -0.395 e. The van der Waals surface area contributed by atoms with Crippen LogP contribution in [0.1, 0.15) is 44.9 Å². The summed E-state index contributed by atoms with van der Waals surface area (Å²) in [4.78, 5) is 2.37. The molecule has 1 saturated carbocycles. The lowest BCUT2D eigenvalue weighted by molar-refractivity contribution is -0.124. The van der Waals surface area contributed by atoms with E-state index in [2.05, 4.69) is 11.5 Å². The summed E-state index contributed by atoms with van der Waals surface area (Å²) in [6, 6.07) is 0.557. The van der Waals surface area contributed by atoms with Gasteiger partial charge < -0.3 is 9.84 Å². The molecule has 0 aromatic heterocycles. The Morgan fingerprint density at radius 3 is 2.78 bits per heavy atom. The lowest BCUT2D eigenvalue weighted by Crippen LogP contribution is -2.50. The molecule has 3 nitrogen and oxygen atoms in total. The van der Waals surface area contributed by atoms with Crippen molar-refractivity contribution < 1.29 is 9.84 Å². The third-order valence-electron chi connectivity index (χ3n) is 4.50. The topological polar surface area (TPSA) is 32.7 Å². The maximum Gasteiger partial charge on any atom is 0.0697 e. The molecule has 2 fully saturated rings. The second kappa shape index (κ2) is 6.69. The molecule has 2 rings (SSSR count). The third kappa shape index (κ3) is 3.34. The van der Waals surface area contributed by atoms with Crippen molar-refractivity contribution in [2.24, 2.45) is 0 Å². The molecular formula is C15H27NO2. The molecule has 104 valence electrons. The Balaban J connectivity index is 1.97. The van der Waals surface area contributed by atoms with Gasteiger partial charge in [0.05, 0.1) is 12.2 Å². The molecule has 1 heterocycles. The molecule has 0 aromatic carbocycles. The fraction of sp³-hybridized carbons (Fsp3) is 0.867. The molecule has 1 atom stereocenters. The van der Waals surface area contributed by atoms with Crippen LogP contribution in [0.25, 0.3) is 0 Å². The lowest BCUT2D eigenvalue weighted by Gasteiger charge is -2.46. The summed E-state index contributed by atoms with van der Waals surface area (Å²) in [7, 11) is 0. The first-order valence-corrected chi connectivity index (χ1v) is 7.39. The van der Waals surface area contributed by atoms with Gasteiger partial charge in [0.25, 0.3) is 0 Å². The third-order valence-corrected chi connectivity index (χ3v) is 4.50. The van der Waals surface area contributed by atoms with Crippen LogP contribution in [-0.2, 0) is 4.74 Å². The fourth-order valence-electron chi connectivity index (χ4n) is 3.58. The summed E-state index contributed by atoms with van der Waals surface area (Å²) < 4.78 is 6.13. The van der Waals surface area contributed by atoms with Crippen LogP contribution in [0.15, 0.2) is 12.7 Å². The standard InChI is InChI=1S/C15H27NO2/c1-2-9-16(10-11-17)14-6-12-18-15(13-14)7-4-3-5-8-15/h2,14,17H,1,3-13H2. The number of hydrogen-bond acceptors (Lipinski definition) is 3. The molecule has 1 aliphatic carbocycles. The second-order valence-corrected chi connectivity index (χ2v) is 5.75. The Morgan fingerprint density at radius 2 is 2.11 bits per heavy atom. The summed E-state index contributed by atoms with van der Waals surface area (Å²) in [5.74, 6) is 0. The van der Waals surface area contributed by atoms with Crippen molar-refractivity contribution in [3.63, 3.8) is 0 Å². The molecular weight excluding hydrogens is 226 g/mol. The van der Waals surface area contributed by atoms with Gasteiger partial charge in [-0.3, -0.25) is 4.90 Å². The molecule has 1 spiro atoms.